The van der Waals surface area contributed by atoms with Gasteiger partial charge in [0.2, 0.25) is 0 Å². The fourth-order valence-electron chi connectivity index (χ4n) is 0.358. The Balaban J connectivity index is 2.45. The van der Waals surface area contributed by atoms with Crippen LogP contribution in [0, 0.1) is 0 Å². The van der Waals surface area contributed by atoms with Crippen LogP contribution in [0.15, 0.2) is 0 Å². The maximum absolute atomic E-state index is 8.27. The van der Waals surface area contributed by atoms with Crippen molar-refractivity contribution in [1.29, 1.82) is 0 Å². The smallest absolute Gasteiger partial charge is 0.145 e. The first-order chi connectivity index (χ1) is 3.41. The number of hydrogen-bond donors (Lipinski definition) is 1. The monoisotopic (exact) mass is 136 g/mol. The third-order valence-corrected chi connectivity index (χ3v) is 3.18. The van der Waals surface area contributed by atoms with Gasteiger partial charge in [-0.15, -0.1) is 0 Å². The van der Waals surface area contributed by atoms with Crippen molar-refractivity contribution in [1.82, 2.24) is 0 Å². The minimum atomic E-state index is -0.188. The Hall–Kier alpha value is 0.354. The molecule has 0 aromatic carbocycles. The molecule has 0 aliphatic carbocycles. The largest absolute Gasteiger partial charge is 0.468 e. The summed E-state index contributed by atoms with van der Waals surface area (Å²) in [4.78, 5) is 0. The van der Waals surface area contributed by atoms with Crippen molar-refractivity contribution in [2.75, 3.05) is 6.61 Å². The van der Waals surface area contributed by atoms with Gasteiger partial charge < -0.3 is 9.22 Å². The van der Waals surface area contributed by atoms with Gasteiger partial charge in [-0.1, -0.05) is 0 Å². The van der Waals surface area contributed by atoms with Crippen molar-refractivity contribution in [3.8, 4) is 0 Å². The summed E-state index contributed by atoms with van der Waals surface area (Å²) in [5.41, 5.74) is 0. The Morgan fingerprint density at radius 3 is 2.86 bits per heavy atom. The van der Waals surface area contributed by atoms with E-state index in [1.165, 1.54) is 0 Å². The lowest BCUT2D eigenvalue weighted by atomic mass is 10.5. The Labute approximate surface area is 49.4 Å². The molecule has 0 amide bonds. The lowest BCUT2D eigenvalue weighted by molar-refractivity contribution is 0.294. The summed E-state index contributed by atoms with van der Waals surface area (Å²) in [6.07, 6.45) is 0.939. The average Bonchev–Trinajstić information content (AvgIpc) is 1.69. The van der Waals surface area contributed by atoms with Crippen LogP contribution in [0.2, 0.25) is 6.04 Å². The van der Waals surface area contributed by atoms with E-state index in [0.717, 1.165) is 23.0 Å². The van der Waals surface area contributed by atoms with E-state index in [4.69, 9.17) is 9.22 Å². The van der Waals surface area contributed by atoms with Crippen molar-refractivity contribution in [2.45, 2.75) is 12.5 Å². The molecule has 2 nitrogen and oxygen atoms in total. The Bertz CT molecular complexity index is 30.1. The zero-order chi connectivity index (χ0) is 5.54. The molecular formula is C3H12O2Si2. The molecule has 0 aliphatic rings. The highest BCUT2D eigenvalue weighted by Gasteiger charge is 1.82. The third-order valence-electron chi connectivity index (χ3n) is 0.757. The van der Waals surface area contributed by atoms with Crippen LogP contribution in [0.1, 0.15) is 6.42 Å². The van der Waals surface area contributed by atoms with Gasteiger partial charge in [-0.05, 0) is 12.5 Å². The second-order valence-electron chi connectivity index (χ2n) is 1.42. The van der Waals surface area contributed by atoms with Crippen molar-refractivity contribution in [2.24, 2.45) is 0 Å². The molecule has 0 heterocycles. The van der Waals surface area contributed by atoms with E-state index in [9.17, 15) is 0 Å². The van der Waals surface area contributed by atoms with Crippen LogP contribution in [0.3, 0.4) is 0 Å². The van der Waals surface area contributed by atoms with E-state index in [2.05, 4.69) is 0 Å². The molecule has 0 saturated heterocycles. The predicted octanol–water partition coefficient (Wildman–Crippen LogP) is -1.83. The molecule has 0 radical (unpaired) electrons. The second kappa shape index (κ2) is 6.35. The van der Waals surface area contributed by atoms with E-state index < -0.39 is 0 Å². The van der Waals surface area contributed by atoms with Crippen molar-refractivity contribution in [3.05, 3.63) is 0 Å². The highest BCUT2D eigenvalue weighted by atomic mass is 28.3. The first-order valence-corrected chi connectivity index (χ1v) is 4.91. The predicted molar refractivity (Wildman–Crippen MR) is 36.1 cm³/mol. The zero-order valence-electron chi connectivity index (χ0n) is 4.68. The van der Waals surface area contributed by atoms with Crippen LogP contribution in [0.5, 0.6) is 0 Å². The Morgan fingerprint density at radius 2 is 2.43 bits per heavy atom. The summed E-state index contributed by atoms with van der Waals surface area (Å²) >= 11 is 0. The van der Waals surface area contributed by atoms with Gasteiger partial charge in [-0.2, -0.15) is 0 Å². The molecule has 0 unspecified atom stereocenters. The quantitative estimate of drug-likeness (QED) is 0.364. The molecule has 0 fully saturated rings. The minimum absolute atomic E-state index is 0.188. The standard InChI is InChI=1S/C3H12O2Si2/c4-2-1-3-7-5-6/h4H,1-3,7H2,6H3. The van der Waals surface area contributed by atoms with Gasteiger partial charge in [0.05, 0.1) is 0 Å². The summed E-state index contributed by atoms with van der Waals surface area (Å²) in [5.74, 6) is 0. The molecule has 0 spiro atoms. The minimum Gasteiger partial charge on any atom is -0.468 e. The van der Waals surface area contributed by atoms with Crippen LogP contribution in [-0.2, 0) is 4.12 Å². The molecule has 0 aromatic rings. The van der Waals surface area contributed by atoms with Crippen LogP contribution >= 0.6 is 0 Å². The second-order valence-corrected chi connectivity index (χ2v) is 4.85. The maximum Gasteiger partial charge on any atom is 0.145 e. The van der Waals surface area contributed by atoms with Crippen LogP contribution in [-0.4, -0.2) is 32.0 Å². The number of rotatable bonds is 4. The average molecular weight is 136 g/mol. The van der Waals surface area contributed by atoms with E-state index in [-0.39, 0.29) is 9.76 Å². The topological polar surface area (TPSA) is 29.5 Å². The van der Waals surface area contributed by atoms with Crippen molar-refractivity contribution in [3.63, 3.8) is 0 Å². The SMILES string of the molecule is OCCC[SiH2]O[SiH3]. The van der Waals surface area contributed by atoms with Crippen molar-refractivity contribution >= 4 is 20.2 Å². The molecule has 0 aromatic heterocycles. The highest BCUT2D eigenvalue weighted by Crippen LogP contribution is 1.83. The summed E-state index contributed by atoms with van der Waals surface area (Å²) in [5, 5.41) is 8.27. The van der Waals surface area contributed by atoms with E-state index in [0.29, 0.717) is 6.61 Å². The third kappa shape index (κ3) is 6.35. The molecule has 44 valence electrons. The van der Waals surface area contributed by atoms with Gasteiger partial charge in [-0.25, -0.2) is 0 Å². The first-order valence-electron chi connectivity index (χ1n) is 2.51. The molecule has 0 rings (SSSR count). The van der Waals surface area contributed by atoms with Crippen LogP contribution in [0.4, 0.5) is 0 Å². The summed E-state index contributed by atoms with van der Waals surface area (Å²) in [6.45, 7) is 0.331. The van der Waals surface area contributed by atoms with Crippen LogP contribution < -0.4 is 0 Å². The molecule has 0 aliphatic heterocycles. The Kier molecular flexibility index (Phi) is 6.67. The summed E-state index contributed by atoms with van der Waals surface area (Å²) < 4.78 is 5.01. The lowest BCUT2D eigenvalue weighted by Gasteiger charge is -1.92. The normalized spacial score (nSPS) is 11.6. The molecule has 1 N–H and O–H groups in total. The molecule has 0 saturated carbocycles. The number of aliphatic hydroxyl groups excluding tert-OH is 1. The van der Waals surface area contributed by atoms with Gasteiger partial charge >= 0.3 is 0 Å². The van der Waals surface area contributed by atoms with Gasteiger partial charge in [-0.3, -0.25) is 0 Å². The van der Waals surface area contributed by atoms with E-state index in [1.54, 1.807) is 0 Å². The zero-order valence-corrected chi connectivity index (χ0v) is 8.10. The highest BCUT2D eigenvalue weighted by molar-refractivity contribution is 6.34. The maximum atomic E-state index is 8.27. The van der Waals surface area contributed by atoms with Crippen molar-refractivity contribution < 1.29 is 9.22 Å². The van der Waals surface area contributed by atoms with E-state index in [1.807, 2.05) is 0 Å². The van der Waals surface area contributed by atoms with Gasteiger partial charge in [0, 0.05) is 6.61 Å². The fraction of sp³-hybridized carbons (Fsp3) is 1.00. The number of aliphatic hydroxyl groups is 1. The molecule has 4 heteroatoms. The van der Waals surface area contributed by atoms with Gasteiger partial charge in [0.25, 0.3) is 0 Å². The van der Waals surface area contributed by atoms with Gasteiger partial charge in [0.15, 0.2) is 0 Å². The molecule has 0 atom stereocenters. The molecule has 7 heavy (non-hydrogen) atoms. The Morgan fingerprint density at radius 1 is 1.71 bits per heavy atom. The number of hydrogen-bond acceptors (Lipinski definition) is 2. The van der Waals surface area contributed by atoms with Crippen LogP contribution in [0.25, 0.3) is 0 Å². The molecule has 0 bridgehead atoms. The van der Waals surface area contributed by atoms with Gasteiger partial charge in [0.1, 0.15) is 20.2 Å². The summed E-state index contributed by atoms with van der Waals surface area (Å²) in [6, 6.07) is 1.14. The lowest BCUT2D eigenvalue weighted by Crippen LogP contribution is -1.94. The fourth-order valence-corrected chi connectivity index (χ4v) is 1.94. The summed E-state index contributed by atoms with van der Waals surface area (Å²) in [7, 11) is 0.698. The first kappa shape index (κ1) is 7.35. The van der Waals surface area contributed by atoms with E-state index >= 15 is 0 Å². The molecular weight excluding hydrogens is 124 g/mol.